The molecule has 1 heterocycles. The van der Waals surface area contributed by atoms with Gasteiger partial charge in [0.25, 0.3) is 5.89 Å². The van der Waals surface area contributed by atoms with Gasteiger partial charge in [-0.3, -0.25) is 9.59 Å². The number of allylic oxidation sites excluding steroid dienone is 1. The Morgan fingerprint density at radius 1 is 1.39 bits per heavy atom. The molecule has 18 heavy (non-hydrogen) atoms. The minimum atomic E-state index is -0.448. The second-order valence-electron chi connectivity index (χ2n) is 3.33. The number of amides is 1. The van der Waals surface area contributed by atoms with Crippen LogP contribution in [0.15, 0.2) is 47.2 Å². The van der Waals surface area contributed by atoms with E-state index in [-0.39, 0.29) is 5.89 Å². The molecule has 2 rings (SSSR count). The van der Waals surface area contributed by atoms with Crippen LogP contribution in [0.2, 0.25) is 0 Å². The molecular formula is C13H9N2O3. The fraction of sp³-hybridized carbons (Fsp3) is 0. The van der Waals surface area contributed by atoms with Gasteiger partial charge in [0.15, 0.2) is 0 Å². The molecular weight excluding hydrogens is 232 g/mol. The zero-order valence-electron chi connectivity index (χ0n) is 9.29. The predicted octanol–water partition coefficient (Wildman–Crippen LogP) is 2.05. The van der Waals surface area contributed by atoms with Gasteiger partial charge >= 0.3 is 5.91 Å². The molecule has 0 atom stereocenters. The molecule has 1 aromatic carbocycles. The maximum atomic E-state index is 11.7. The number of para-hydroxylation sites is 1. The quantitative estimate of drug-likeness (QED) is 0.831. The number of hydrogen-bond acceptors (Lipinski definition) is 4. The van der Waals surface area contributed by atoms with E-state index in [0.717, 1.165) is 0 Å². The molecule has 89 valence electrons. The van der Waals surface area contributed by atoms with E-state index < -0.39 is 5.91 Å². The summed E-state index contributed by atoms with van der Waals surface area (Å²) in [6, 6.07) is 7.04. The first-order chi connectivity index (χ1) is 8.81. The van der Waals surface area contributed by atoms with Crippen molar-refractivity contribution in [3.05, 3.63) is 54.3 Å². The van der Waals surface area contributed by atoms with Crippen molar-refractivity contribution in [2.75, 3.05) is 5.32 Å². The summed E-state index contributed by atoms with van der Waals surface area (Å²) in [6.45, 7) is 0. The normalized spacial score (nSPS) is 10.4. The predicted molar refractivity (Wildman–Crippen MR) is 65.6 cm³/mol. The molecule has 2 aromatic rings. The number of oxazole rings is 1. The lowest BCUT2D eigenvalue weighted by Gasteiger charge is -2.05. The number of hydrogen-bond donors (Lipinski definition) is 1. The minimum Gasteiger partial charge on any atom is -0.441 e. The molecule has 1 radical (unpaired) electrons. The molecule has 0 bridgehead atoms. The molecule has 0 aliphatic heterocycles. The molecule has 0 unspecified atom stereocenters. The van der Waals surface area contributed by atoms with E-state index >= 15 is 0 Å². The van der Waals surface area contributed by atoms with Crippen LogP contribution in [0, 0.1) is 0 Å². The molecule has 0 fully saturated rings. The molecule has 0 saturated carbocycles. The number of benzene rings is 1. The Hall–Kier alpha value is -2.69. The lowest BCUT2D eigenvalue weighted by molar-refractivity contribution is 0.0990. The van der Waals surface area contributed by atoms with E-state index in [0.29, 0.717) is 11.3 Å². The average molecular weight is 241 g/mol. The van der Waals surface area contributed by atoms with Gasteiger partial charge in [0.2, 0.25) is 6.29 Å². The van der Waals surface area contributed by atoms with Crippen LogP contribution in [0.4, 0.5) is 5.69 Å². The summed E-state index contributed by atoms with van der Waals surface area (Å²) in [5.74, 6) is -0.466. The lowest BCUT2D eigenvalue weighted by Crippen LogP contribution is -2.12. The van der Waals surface area contributed by atoms with E-state index in [1.807, 2.05) is 0 Å². The van der Waals surface area contributed by atoms with Gasteiger partial charge in [-0.2, -0.15) is 0 Å². The second-order valence-corrected chi connectivity index (χ2v) is 3.33. The van der Waals surface area contributed by atoms with Crippen molar-refractivity contribution in [2.45, 2.75) is 0 Å². The number of carbonyl (C=O) groups excluding carboxylic acids is 2. The summed E-state index contributed by atoms with van der Waals surface area (Å²) >= 11 is 0. The Balaban J connectivity index is 2.21. The molecule has 0 saturated heterocycles. The van der Waals surface area contributed by atoms with Crippen LogP contribution in [0.5, 0.6) is 0 Å². The topological polar surface area (TPSA) is 72.2 Å². The van der Waals surface area contributed by atoms with E-state index in [4.69, 9.17) is 4.42 Å². The average Bonchev–Trinajstić information content (AvgIpc) is 2.91. The van der Waals surface area contributed by atoms with Crippen LogP contribution in [-0.2, 0) is 4.79 Å². The van der Waals surface area contributed by atoms with E-state index in [1.165, 1.54) is 18.5 Å². The van der Waals surface area contributed by atoms with Gasteiger partial charge < -0.3 is 9.73 Å². The van der Waals surface area contributed by atoms with Crippen molar-refractivity contribution in [3.8, 4) is 0 Å². The summed E-state index contributed by atoms with van der Waals surface area (Å²) < 4.78 is 4.88. The van der Waals surface area contributed by atoms with Gasteiger partial charge in [-0.05, 0) is 23.8 Å². The Kier molecular flexibility index (Phi) is 3.66. The van der Waals surface area contributed by atoms with Crippen molar-refractivity contribution in [1.29, 1.82) is 0 Å². The Morgan fingerprint density at radius 3 is 2.94 bits per heavy atom. The second kappa shape index (κ2) is 5.58. The number of anilines is 1. The molecule has 1 aromatic heterocycles. The summed E-state index contributed by atoms with van der Waals surface area (Å²) in [5, 5.41) is 2.65. The molecule has 0 aliphatic rings. The maximum absolute atomic E-state index is 11.7. The maximum Gasteiger partial charge on any atom is 0.311 e. The standard InChI is InChI=1S/C13H9N2O3/c16-8-3-5-10-4-1-2-6-11(10)15-12(17)13-14-7-9-18-13/h1-7,9H,(H,15,17)/b5-3+. The molecule has 1 N–H and O–H groups in total. The molecule has 0 aliphatic carbocycles. The highest BCUT2D eigenvalue weighted by Gasteiger charge is 2.11. The van der Waals surface area contributed by atoms with Crippen LogP contribution < -0.4 is 5.32 Å². The third kappa shape index (κ3) is 2.70. The number of nitrogens with one attached hydrogen (secondary N) is 1. The van der Waals surface area contributed by atoms with Crippen molar-refractivity contribution < 1.29 is 14.0 Å². The van der Waals surface area contributed by atoms with E-state index in [2.05, 4.69) is 10.3 Å². The summed E-state index contributed by atoms with van der Waals surface area (Å²) in [7, 11) is 0. The van der Waals surface area contributed by atoms with Crippen molar-refractivity contribution in [2.24, 2.45) is 0 Å². The van der Waals surface area contributed by atoms with Gasteiger partial charge in [0.1, 0.15) is 6.26 Å². The Bertz CT molecular complexity index is 574. The Morgan fingerprint density at radius 2 is 2.22 bits per heavy atom. The van der Waals surface area contributed by atoms with Gasteiger partial charge in [-0.15, -0.1) is 0 Å². The van der Waals surface area contributed by atoms with E-state index in [9.17, 15) is 9.59 Å². The van der Waals surface area contributed by atoms with Crippen LogP contribution in [0.25, 0.3) is 6.08 Å². The van der Waals surface area contributed by atoms with Crippen molar-refractivity contribution in [1.82, 2.24) is 4.98 Å². The van der Waals surface area contributed by atoms with Gasteiger partial charge in [-0.25, -0.2) is 4.98 Å². The minimum absolute atomic E-state index is 0.0178. The zero-order valence-corrected chi connectivity index (χ0v) is 9.29. The van der Waals surface area contributed by atoms with Crippen LogP contribution >= 0.6 is 0 Å². The van der Waals surface area contributed by atoms with Crippen LogP contribution in [0.3, 0.4) is 0 Å². The lowest BCUT2D eigenvalue weighted by atomic mass is 10.1. The summed E-state index contributed by atoms with van der Waals surface area (Å²) in [4.78, 5) is 25.7. The van der Waals surface area contributed by atoms with E-state index in [1.54, 1.807) is 36.6 Å². The highest BCUT2D eigenvalue weighted by atomic mass is 16.3. The van der Waals surface area contributed by atoms with Gasteiger partial charge in [-0.1, -0.05) is 18.2 Å². The first-order valence-corrected chi connectivity index (χ1v) is 5.15. The van der Waals surface area contributed by atoms with Gasteiger partial charge in [0.05, 0.1) is 6.20 Å². The molecule has 5 nitrogen and oxygen atoms in total. The Labute approximate surface area is 103 Å². The summed E-state index contributed by atoms with van der Waals surface area (Å²) in [6.07, 6.45) is 7.15. The fourth-order valence-corrected chi connectivity index (χ4v) is 1.39. The SMILES string of the molecule is O=[C]/C=C/c1ccccc1NC(=O)c1ncco1. The largest absolute Gasteiger partial charge is 0.441 e. The first kappa shape index (κ1) is 11.8. The van der Waals surface area contributed by atoms with Crippen molar-refractivity contribution in [3.63, 3.8) is 0 Å². The fourth-order valence-electron chi connectivity index (χ4n) is 1.39. The third-order valence-corrected chi connectivity index (χ3v) is 2.17. The molecule has 5 heteroatoms. The smallest absolute Gasteiger partial charge is 0.311 e. The number of carbonyl (C=O) groups is 1. The highest BCUT2D eigenvalue weighted by Crippen LogP contribution is 2.17. The van der Waals surface area contributed by atoms with Crippen LogP contribution in [0.1, 0.15) is 16.2 Å². The monoisotopic (exact) mass is 241 g/mol. The molecule has 1 amide bonds. The summed E-state index contributed by atoms with van der Waals surface area (Å²) in [5.41, 5.74) is 1.26. The van der Waals surface area contributed by atoms with Crippen molar-refractivity contribution >= 4 is 24.0 Å². The number of rotatable bonds is 4. The number of aromatic nitrogens is 1. The molecule has 0 spiro atoms. The van der Waals surface area contributed by atoms with Crippen LogP contribution in [-0.4, -0.2) is 17.2 Å². The van der Waals surface area contributed by atoms with Gasteiger partial charge in [0, 0.05) is 5.69 Å². The number of nitrogens with zero attached hydrogens (tertiary/aromatic N) is 1. The highest BCUT2D eigenvalue weighted by molar-refractivity contribution is 6.02. The zero-order chi connectivity index (χ0) is 12.8. The third-order valence-electron chi connectivity index (χ3n) is 2.17. The first-order valence-electron chi connectivity index (χ1n) is 5.15.